The third-order valence-electron chi connectivity index (χ3n) is 3.08. The highest BCUT2D eigenvalue weighted by Gasteiger charge is 2.14. The van der Waals surface area contributed by atoms with E-state index in [1.165, 1.54) is 12.1 Å². The topological polar surface area (TPSA) is 42.7 Å². The summed E-state index contributed by atoms with van der Waals surface area (Å²) < 4.78 is 14.7. The number of hydrogen-bond acceptors (Lipinski definition) is 3. The molecule has 0 radical (unpaired) electrons. The maximum absolute atomic E-state index is 13.1. The highest BCUT2D eigenvalue weighted by atomic mass is 35.5. The van der Waals surface area contributed by atoms with Crippen LogP contribution in [-0.2, 0) is 19.9 Å². The predicted octanol–water partition coefficient (Wildman–Crippen LogP) is 2.37. The maximum atomic E-state index is 13.1. The zero-order chi connectivity index (χ0) is 14.5. The summed E-state index contributed by atoms with van der Waals surface area (Å²) in [6.07, 6.45) is 3.38. The van der Waals surface area contributed by atoms with Gasteiger partial charge in [-0.1, -0.05) is 29.8 Å². The number of nitrogens with one attached hydrogen (secondary N) is 1. The lowest BCUT2D eigenvalue weighted by Gasteiger charge is -2.17. The van der Waals surface area contributed by atoms with Crippen molar-refractivity contribution in [3.8, 4) is 0 Å². The van der Waals surface area contributed by atoms with Gasteiger partial charge in [0.1, 0.15) is 5.82 Å². The molecular weight excluding hydrogens is 279 g/mol. The second-order valence-corrected chi connectivity index (χ2v) is 5.19. The van der Waals surface area contributed by atoms with Gasteiger partial charge < -0.3 is 5.32 Å². The third kappa shape index (κ3) is 4.02. The minimum absolute atomic E-state index is 0.194. The van der Waals surface area contributed by atoms with Crippen molar-refractivity contribution in [3.05, 3.63) is 46.5 Å². The van der Waals surface area contributed by atoms with Gasteiger partial charge in [-0.15, -0.1) is 5.10 Å². The minimum Gasteiger partial charge on any atom is -0.314 e. The number of likely N-dealkylation sites (N-methyl/N-ethyl adjacent to an activating group) is 1. The first-order chi connectivity index (χ1) is 9.58. The van der Waals surface area contributed by atoms with Crippen LogP contribution in [0.4, 0.5) is 4.39 Å². The molecule has 1 aromatic heterocycles. The maximum Gasteiger partial charge on any atom is 0.124 e. The van der Waals surface area contributed by atoms with Gasteiger partial charge in [-0.2, -0.15) is 0 Å². The molecule has 0 saturated heterocycles. The first kappa shape index (κ1) is 14.9. The van der Waals surface area contributed by atoms with Crippen molar-refractivity contribution in [2.24, 2.45) is 7.05 Å². The summed E-state index contributed by atoms with van der Waals surface area (Å²) in [4.78, 5) is 0. The lowest BCUT2D eigenvalue weighted by molar-refractivity contribution is 0.515. The van der Waals surface area contributed by atoms with Crippen molar-refractivity contribution in [3.63, 3.8) is 0 Å². The number of benzene rings is 1. The molecule has 1 heterocycles. The molecule has 0 aliphatic heterocycles. The lowest BCUT2D eigenvalue weighted by Crippen LogP contribution is -2.33. The Balaban J connectivity index is 2.08. The Bertz CT molecular complexity index is 570. The highest BCUT2D eigenvalue weighted by molar-refractivity contribution is 6.31. The van der Waals surface area contributed by atoms with Crippen LogP contribution in [0.5, 0.6) is 0 Å². The Hall–Kier alpha value is -1.46. The van der Waals surface area contributed by atoms with Crippen LogP contribution in [0.3, 0.4) is 0 Å². The number of aromatic nitrogens is 3. The van der Waals surface area contributed by atoms with Crippen LogP contribution in [0.15, 0.2) is 24.4 Å². The van der Waals surface area contributed by atoms with E-state index >= 15 is 0 Å². The minimum atomic E-state index is -0.312. The van der Waals surface area contributed by atoms with Gasteiger partial charge in [-0.05, 0) is 30.7 Å². The third-order valence-corrected chi connectivity index (χ3v) is 3.43. The summed E-state index contributed by atoms with van der Waals surface area (Å²) in [6.45, 7) is 2.90. The van der Waals surface area contributed by atoms with Crippen LogP contribution in [0.1, 0.15) is 18.2 Å². The molecule has 0 amide bonds. The fraction of sp³-hybridized carbons (Fsp3) is 0.429. The van der Waals surface area contributed by atoms with Gasteiger partial charge in [0.15, 0.2) is 0 Å². The van der Waals surface area contributed by atoms with Crippen LogP contribution in [-0.4, -0.2) is 27.6 Å². The molecule has 0 aliphatic carbocycles. The van der Waals surface area contributed by atoms with E-state index in [0.29, 0.717) is 5.02 Å². The number of aryl methyl sites for hydroxylation is 1. The summed E-state index contributed by atoms with van der Waals surface area (Å²) in [7, 11) is 1.84. The molecule has 0 spiro atoms. The molecule has 20 heavy (non-hydrogen) atoms. The Morgan fingerprint density at radius 2 is 2.20 bits per heavy atom. The van der Waals surface area contributed by atoms with Crippen molar-refractivity contribution < 1.29 is 4.39 Å². The van der Waals surface area contributed by atoms with Gasteiger partial charge in [0, 0.05) is 30.7 Å². The molecule has 2 aromatic rings. The quantitative estimate of drug-likeness (QED) is 0.890. The SMILES string of the molecule is CCNC(Cc1cn(C)nn1)Cc1ccc(F)cc1Cl. The lowest BCUT2D eigenvalue weighted by atomic mass is 10.0. The summed E-state index contributed by atoms with van der Waals surface area (Å²) in [5.41, 5.74) is 1.86. The van der Waals surface area contributed by atoms with Gasteiger partial charge in [0.2, 0.25) is 0 Å². The average Bonchev–Trinajstić information content (AvgIpc) is 2.78. The summed E-state index contributed by atoms with van der Waals surface area (Å²) in [5.74, 6) is -0.312. The molecule has 4 nitrogen and oxygen atoms in total. The number of halogens is 2. The van der Waals surface area contributed by atoms with Gasteiger partial charge in [-0.3, -0.25) is 4.68 Å². The zero-order valence-corrected chi connectivity index (χ0v) is 12.4. The highest BCUT2D eigenvalue weighted by Crippen LogP contribution is 2.19. The van der Waals surface area contributed by atoms with Gasteiger partial charge >= 0.3 is 0 Å². The molecule has 108 valence electrons. The standard InChI is InChI=1S/C14H18ClFN4/c1-3-17-12(8-13-9-20(2)19-18-13)6-10-4-5-11(16)7-14(10)15/h4-5,7,9,12,17H,3,6,8H2,1-2H3. The van der Waals surface area contributed by atoms with E-state index in [1.54, 1.807) is 10.7 Å². The van der Waals surface area contributed by atoms with E-state index in [0.717, 1.165) is 30.6 Å². The molecular formula is C14H18ClFN4. The van der Waals surface area contributed by atoms with E-state index in [2.05, 4.69) is 22.6 Å². The molecule has 1 N–H and O–H groups in total. The summed E-state index contributed by atoms with van der Waals surface area (Å²) in [5, 5.41) is 11.9. The first-order valence-electron chi connectivity index (χ1n) is 6.61. The summed E-state index contributed by atoms with van der Waals surface area (Å²) in [6, 6.07) is 4.72. The van der Waals surface area contributed by atoms with E-state index in [1.807, 2.05) is 13.2 Å². The fourth-order valence-electron chi connectivity index (χ4n) is 2.20. The normalized spacial score (nSPS) is 12.6. The molecule has 2 rings (SSSR count). The first-order valence-corrected chi connectivity index (χ1v) is 6.98. The Labute approximate surface area is 122 Å². The molecule has 1 unspecified atom stereocenters. The van der Waals surface area contributed by atoms with Gasteiger partial charge in [0.05, 0.1) is 5.69 Å². The van der Waals surface area contributed by atoms with Crippen molar-refractivity contribution >= 4 is 11.6 Å². The van der Waals surface area contributed by atoms with Gasteiger partial charge in [-0.25, -0.2) is 4.39 Å². The Morgan fingerprint density at radius 3 is 2.80 bits per heavy atom. The molecule has 1 atom stereocenters. The second kappa shape index (κ2) is 6.81. The average molecular weight is 297 g/mol. The van der Waals surface area contributed by atoms with Gasteiger partial charge in [0.25, 0.3) is 0 Å². The molecule has 0 aliphatic rings. The second-order valence-electron chi connectivity index (χ2n) is 4.78. The van der Waals surface area contributed by atoms with Crippen LogP contribution < -0.4 is 5.32 Å². The number of hydrogen-bond donors (Lipinski definition) is 1. The molecule has 0 fully saturated rings. The van der Waals surface area contributed by atoms with Crippen molar-refractivity contribution in [2.45, 2.75) is 25.8 Å². The smallest absolute Gasteiger partial charge is 0.124 e. The van der Waals surface area contributed by atoms with E-state index in [4.69, 9.17) is 11.6 Å². The van der Waals surface area contributed by atoms with Crippen LogP contribution in [0.2, 0.25) is 5.02 Å². The van der Waals surface area contributed by atoms with Crippen molar-refractivity contribution in [2.75, 3.05) is 6.54 Å². The fourth-order valence-corrected chi connectivity index (χ4v) is 2.44. The monoisotopic (exact) mass is 296 g/mol. The molecule has 6 heteroatoms. The molecule has 0 saturated carbocycles. The van der Waals surface area contributed by atoms with Crippen LogP contribution >= 0.6 is 11.6 Å². The van der Waals surface area contributed by atoms with Crippen molar-refractivity contribution in [1.82, 2.24) is 20.3 Å². The molecule has 1 aromatic carbocycles. The number of rotatable bonds is 6. The van der Waals surface area contributed by atoms with E-state index in [9.17, 15) is 4.39 Å². The Kier molecular flexibility index (Phi) is 5.09. The van der Waals surface area contributed by atoms with E-state index < -0.39 is 0 Å². The van der Waals surface area contributed by atoms with Crippen LogP contribution in [0, 0.1) is 5.82 Å². The Morgan fingerprint density at radius 1 is 1.40 bits per heavy atom. The van der Waals surface area contributed by atoms with Crippen LogP contribution in [0.25, 0.3) is 0 Å². The predicted molar refractivity (Wildman–Crippen MR) is 77.3 cm³/mol. The van der Waals surface area contributed by atoms with Crippen molar-refractivity contribution in [1.29, 1.82) is 0 Å². The summed E-state index contributed by atoms with van der Waals surface area (Å²) >= 11 is 6.08. The number of nitrogens with zero attached hydrogens (tertiary/aromatic N) is 3. The zero-order valence-electron chi connectivity index (χ0n) is 11.6. The molecule has 0 bridgehead atoms. The van der Waals surface area contributed by atoms with E-state index in [-0.39, 0.29) is 11.9 Å². The largest absolute Gasteiger partial charge is 0.314 e.